The van der Waals surface area contributed by atoms with Crippen molar-refractivity contribution in [2.24, 2.45) is 5.92 Å². The zero-order valence-electron chi connectivity index (χ0n) is 12.8. The molecule has 21 heavy (non-hydrogen) atoms. The van der Waals surface area contributed by atoms with Crippen molar-refractivity contribution in [2.45, 2.75) is 46.6 Å². The van der Waals surface area contributed by atoms with Crippen LogP contribution in [0.15, 0.2) is 11.5 Å². The van der Waals surface area contributed by atoms with Crippen LogP contribution in [0.3, 0.4) is 0 Å². The molecule has 1 fully saturated rings. The van der Waals surface area contributed by atoms with Crippen molar-refractivity contribution in [2.75, 3.05) is 13.2 Å². The van der Waals surface area contributed by atoms with Crippen LogP contribution in [0.1, 0.15) is 40.5 Å². The fraction of sp³-hybridized carbons (Fsp3) is 0.714. The molecule has 0 radical (unpaired) electrons. The van der Waals surface area contributed by atoms with Crippen molar-refractivity contribution >= 4 is 12.1 Å². The highest BCUT2D eigenvalue weighted by Crippen LogP contribution is 2.22. The van der Waals surface area contributed by atoms with Gasteiger partial charge in [0.2, 0.25) is 0 Å². The summed E-state index contributed by atoms with van der Waals surface area (Å²) in [4.78, 5) is 31.8. The van der Waals surface area contributed by atoms with E-state index in [9.17, 15) is 9.59 Å². The molecule has 7 heteroatoms. The highest BCUT2D eigenvalue weighted by molar-refractivity contribution is 5.88. The number of esters is 1. The molecule has 120 valence electrons. The first-order chi connectivity index (χ1) is 9.93. The smallest absolute Gasteiger partial charge is 0.455 e. The van der Waals surface area contributed by atoms with Crippen LogP contribution in [0, 0.1) is 5.92 Å². The van der Waals surface area contributed by atoms with Gasteiger partial charge in [0.1, 0.15) is 18.3 Å². The molecule has 1 heterocycles. The summed E-state index contributed by atoms with van der Waals surface area (Å²) < 4.78 is 14.9. The Hall–Kier alpha value is -1.92. The van der Waals surface area contributed by atoms with E-state index in [-0.39, 0.29) is 18.1 Å². The molecule has 1 aliphatic rings. The molecule has 0 aromatic heterocycles. The average Bonchev–Trinajstić information content (AvgIpc) is 3.26. The first-order valence-electron chi connectivity index (χ1n) is 7.00. The van der Waals surface area contributed by atoms with Gasteiger partial charge < -0.3 is 14.2 Å². The van der Waals surface area contributed by atoms with E-state index in [1.807, 2.05) is 6.92 Å². The van der Waals surface area contributed by atoms with Gasteiger partial charge in [0, 0.05) is 0 Å². The predicted molar refractivity (Wildman–Crippen MR) is 71.8 cm³/mol. The Labute approximate surface area is 124 Å². The third-order valence-corrected chi connectivity index (χ3v) is 2.79. The first kappa shape index (κ1) is 17.1. The average molecular weight is 302 g/mol. The SMILES string of the molecule is CCCC(C)COC(=O)OCC(C)OC(=O)C(C)=C1OO1. The summed E-state index contributed by atoms with van der Waals surface area (Å²) in [5.41, 5.74) is 0.234. The van der Waals surface area contributed by atoms with Crippen LogP contribution >= 0.6 is 0 Å². The van der Waals surface area contributed by atoms with Crippen molar-refractivity contribution in [3.8, 4) is 0 Å². The van der Waals surface area contributed by atoms with Crippen LogP contribution in [0.2, 0.25) is 0 Å². The normalized spacial score (nSPS) is 15.1. The highest BCUT2D eigenvalue weighted by atomic mass is 17.4. The van der Waals surface area contributed by atoms with Crippen LogP contribution in [0.25, 0.3) is 0 Å². The van der Waals surface area contributed by atoms with Gasteiger partial charge in [0.25, 0.3) is 0 Å². The number of rotatable bonds is 8. The molecule has 0 saturated carbocycles. The largest absolute Gasteiger partial charge is 0.508 e. The predicted octanol–water partition coefficient (Wildman–Crippen LogP) is 2.70. The summed E-state index contributed by atoms with van der Waals surface area (Å²) >= 11 is 0. The summed E-state index contributed by atoms with van der Waals surface area (Å²) in [5, 5.41) is 0. The van der Waals surface area contributed by atoms with E-state index < -0.39 is 18.2 Å². The minimum Gasteiger partial charge on any atom is -0.455 e. The van der Waals surface area contributed by atoms with Crippen LogP contribution in [-0.2, 0) is 28.8 Å². The maximum Gasteiger partial charge on any atom is 0.508 e. The summed E-state index contributed by atoms with van der Waals surface area (Å²) in [6.07, 6.45) is 0.672. The standard InChI is InChI=1S/C14H22O7/c1-5-6-9(2)7-17-14(16)18-8-10(3)19-12(15)11(4)13-20-21-13/h9-10H,5-8H2,1-4H3. The lowest BCUT2D eigenvalue weighted by atomic mass is 10.1. The van der Waals surface area contributed by atoms with Gasteiger partial charge in [-0.05, 0) is 26.2 Å². The third-order valence-electron chi connectivity index (χ3n) is 2.79. The molecule has 0 spiro atoms. The van der Waals surface area contributed by atoms with E-state index in [1.165, 1.54) is 6.92 Å². The van der Waals surface area contributed by atoms with Gasteiger partial charge in [-0.25, -0.2) is 19.4 Å². The summed E-state index contributed by atoms with van der Waals surface area (Å²) in [6.45, 7) is 7.44. The summed E-state index contributed by atoms with van der Waals surface area (Å²) in [5.74, 6) is -0.133. The Balaban J connectivity index is 2.17. The number of ether oxygens (including phenoxy) is 3. The Morgan fingerprint density at radius 3 is 2.33 bits per heavy atom. The zero-order valence-corrected chi connectivity index (χ0v) is 12.8. The zero-order chi connectivity index (χ0) is 15.8. The molecule has 0 N–H and O–H groups in total. The van der Waals surface area contributed by atoms with E-state index >= 15 is 0 Å². The monoisotopic (exact) mass is 302 g/mol. The molecule has 0 aromatic carbocycles. The van der Waals surface area contributed by atoms with Gasteiger partial charge in [-0.1, -0.05) is 20.3 Å². The molecular weight excluding hydrogens is 280 g/mol. The molecule has 1 aliphatic heterocycles. The second-order valence-electron chi connectivity index (χ2n) is 5.06. The number of carbonyl (C=O) groups excluding carboxylic acids is 2. The van der Waals surface area contributed by atoms with Gasteiger partial charge in [0.15, 0.2) is 0 Å². The Morgan fingerprint density at radius 2 is 1.76 bits per heavy atom. The van der Waals surface area contributed by atoms with Crippen LogP contribution < -0.4 is 0 Å². The van der Waals surface area contributed by atoms with Gasteiger partial charge in [-0.2, -0.15) is 0 Å². The fourth-order valence-electron chi connectivity index (χ4n) is 1.55. The van der Waals surface area contributed by atoms with Crippen LogP contribution in [0.5, 0.6) is 0 Å². The molecule has 2 unspecified atom stereocenters. The molecule has 1 rings (SSSR count). The van der Waals surface area contributed by atoms with Crippen LogP contribution in [-0.4, -0.2) is 31.4 Å². The third kappa shape index (κ3) is 6.87. The summed E-state index contributed by atoms with van der Waals surface area (Å²) in [7, 11) is 0. The van der Waals surface area contributed by atoms with E-state index in [4.69, 9.17) is 14.2 Å². The lowest BCUT2D eigenvalue weighted by molar-refractivity contribution is -0.145. The van der Waals surface area contributed by atoms with Gasteiger partial charge >= 0.3 is 18.1 Å². The van der Waals surface area contributed by atoms with Crippen molar-refractivity contribution in [1.29, 1.82) is 0 Å². The molecule has 0 aliphatic carbocycles. The maximum absolute atomic E-state index is 11.6. The second kappa shape index (κ2) is 8.39. The molecule has 2 atom stereocenters. The van der Waals surface area contributed by atoms with Crippen molar-refractivity contribution in [3.05, 3.63) is 11.5 Å². The highest BCUT2D eigenvalue weighted by Gasteiger charge is 2.28. The van der Waals surface area contributed by atoms with E-state index in [0.717, 1.165) is 12.8 Å². The van der Waals surface area contributed by atoms with Crippen molar-refractivity contribution in [1.82, 2.24) is 0 Å². The topological polar surface area (TPSA) is 86.9 Å². The van der Waals surface area contributed by atoms with Gasteiger partial charge in [0.05, 0.1) is 6.61 Å². The Kier molecular flexibility index (Phi) is 6.84. The van der Waals surface area contributed by atoms with E-state index in [1.54, 1.807) is 6.92 Å². The first-order valence-corrected chi connectivity index (χ1v) is 7.00. The van der Waals surface area contributed by atoms with Crippen molar-refractivity contribution in [3.63, 3.8) is 0 Å². The number of hydrogen-bond acceptors (Lipinski definition) is 7. The lowest BCUT2D eigenvalue weighted by Crippen LogP contribution is -2.24. The second-order valence-corrected chi connectivity index (χ2v) is 5.06. The fourth-order valence-corrected chi connectivity index (χ4v) is 1.55. The molecule has 1 saturated heterocycles. The molecule has 0 amide bonds. The maximum atomic E-state index is 11.6. The van der Waals surface area contributed by atoms with Gasteiger partial charge in [-0.3, -0.25) is 0 Å². The minimum atomic E-state index is -0.759. The summed E-state index contributed by atoms with van der Waals surface area (Å²) in [6, 6.07) is 0. The molecule has 7 nitrogen and oxygen atoms in total. The lowest BCUT2D eigenvalue weighted by Gasteiger charge is -2.14. The Morgan fingerprint density at radius 1 is 1.14 bits per heavy atom. The van der Waals surface area contributed by atoms with Crippen LogP contribution in [0.4, 0.5) is 4.79 Å². The van der Waals surface area contributed by atoms with E-state index in [0.29, 0.717) is 12.5 Å². The molecular formula is C14H22O7. The minimum absolute atomic E-state index is 0.0724. The number of hydrogen-bond donors (Lipinski definition) is 0. The van der Waals surface area contributed by atoms with Crippen molar-refractivity contribution < 1.29 is 33.6 Å². The Bertz CT molecular complexity index is 396. The van der Waals surface area contributed by atoms with E-state index in [2.05, 4.69) is 16.7 Å². The molecule has 0 aromatic rings. The quantitative estimate of drug-likeness (QED) is 0.295. The molecule has 0 bridgehead atoms. The number of carbonyl (C=O) groups is 2. The van der Waals surface area contributed by atoms with Gasteiger partial charge in [-0.15, -0.1) is 0 Å².